The van der Waals surface area contributed by atoms with Gasteiger partial charge in [0.05, 0.1) is 6.61 Å². The highest BCUT2D eigenvalue weighted by Gasteiger charge is 2.48. The predicted octanol–water partition coefficient (Wildman–Crippen LogP) is 0.265. The molecule has 5 heteroatoms. The molecule has 0 aromatic carbocycles. The van der Waals surface area contributed by atoms with Crippen molar-refractivity contribution in [2.75, 3.05) is 19.8 Å². The maximum absolute atomic E-state index is 11.4. The highest BCUT2D eigenvalue weighted by molar-refractivity contribution is 5.87. The highest BCUT2D eigenvalue weighted by atomic mass is 16.7. The molecule has 4 unspecified atom stereocenters. The first-order valence-electron chi connectivity index (χ1n) is 5.87. The molecule has 0 bridgehead atoms. The van der Waals surface area contributed by atoms with E-state index >= 15 is 0 Å². The summed E-state index contributed by atoms with van der Waals surface area (Å²) in [4.78, 5) is 11.4. The van der Waals surface area contributed by atoms with Crippen molar-refractivity contribution in [3.05, 3.63) is 0 Å². The lowest BCUT2D eigenvalue weighted by Crippen LogP contribution is -2.36. The number of hydrogen-bond acceptors (Lipinski definition) is 5. The minimum Gasteiger partial charge on any atom is -0.365 e. The van der Waals surface area contributed by atoms with Crippen LogP contribution in [0.5, 0.6) is 0 Å². The van der Waals surface area contributed by atoms with Crippen molar-refractivity contribution in [1.29, 1.82) is 0 Å². The second kappa shape index (κ2) is 4.41. The van der Waals surface area contributed by atoms with Gasteiger partial charge in [-0.2, -0.15) is 0 Å². The normalized spacial score (nSPS) is 43.6. The van der Waals surface area contributed by atoms with Gasteiger partial charge in [-0.05, 0) is 19.3 Å². The average Bonchev–Trinajstić information content (AvgIpc) is 2.86. The Labute approximate surface area is 94.0 Å². The molecule has 0 amide bonds. The number of hydrogen-bond donors (Lipinski definition) is 0. The number of ketones is 1. The van der Waals surface area contributed by atoms with Gasteiger partial charge in [0.15, 0.2) is 12.1 Å². The molecule has 3 rings (SSSR count). The van der Waals surface area contributed by atoms with Crippen molar-refractivity contribution in [2.24, 2.45) is 0 Å². The first kappa shape index (κ1) is 10.7. The van der Waals surface area contributed by atoms with Gasteiger partial charge in [-0.1, -0.05) is 0 Å². The Bertz CT molecular complexity index is 274. The molecule has 90 valence electrons. The third-order valence-corrected chi connectivity index (χ3v) is 3.30. The van der Waals surface area contributed by atoms with Crippen LogP contribution < -0.4 is 0 Å². The van der Waals surface area contributed by atoms with E-state index in [0.29, 0.717) is 6.61 Å². The Morgan fingerprint density at radius 1 is 1.19 bits per heavy atom. The van der Waals surface area contributed by atoms with E-state index in [1.54, 1.807) is 0 Å². The molecule has 0 aliphatic carbocycles. The van der Waals surface area contributed by atoms with Gasteiger partial charge in [-0.25, -0.2) is 0 Å². The molecule has 3 aliphatic rings. The lowest BCUT2D eigenvalue weighted by atomic mass is 10.1. The lowest BCUT2D eigenvalue weighted by molar-refractivity contribution is -0.201. The van der Waals surface area contributed by atoms with Crippen LogP contribution >= 0.6 is 0 Å². The second-order valence-corrected chi connectivity index (χ2v) is 4.47. The Kier molecular flexibility index (Phi) is 2.93. The molecule has 5 nitrogen and oxygen atoms in total. The van der Waals surface area contributed by atoms with Gasteiger partial charge in [0, 0.05) is 6.61 Å². The van der Waals surface area contributed by atoms with Crippen LogP contribution in [-0.4, -0.2) is 50.2 Å². The molecule has 0 radical (unpaired) electrons. The molecule has 0 N–H and O–H groups in total. The summed E-state index contributed by atoms with van der Waals surface area (Å²) in [7, 11) is 0. The van der Waals surface area contributed by atoms with Crippen molar-refractivity contribution in [3.8, 4) is 0 Å². The average molecular weight is 228 g/mol. The van der Waals surface area contributed by atoms with Crippen molar-refractivity contribution in [1.82, 2.24) is 0 Å². The molecule has 0 spiro atoms. The Morgan fingerprint density at radius 2 is 2.12 bits per heavy atom. The third-order valence-electron chi connectivity index (χ3n) is 3.30. The molecule has 0 saturated carbocycles. The minimum atomic E-state index is -0.409. The summed E-state index contributed by atoms with van der Waals surface area (Å²) in [6, 6.07) is 0. The van der Waals surface area contributed by atoms with Gasteiger partial charge in [-0.15, -0.1) is 0 Å². The van der Waals surface area contributed by atoms with E-state index in [4.69, 9.17) is 18.9 Å². The summed E-state index contributed by atoms with van der Waals surface area (Å²) in [6.07, 6.45) is 2.21. The minimum absolute atomic E-state index is 0.0284. The molecule has 4 atom stereocenters. The largest absolute Gasteiger partial charge is 0.365 e. The molecule has 16 heavy (non-hydrogen) atoms. The quantitative estimate of drug-likeness (QED) is 0.678. The van der Waals surface area contributed by atoms with E-state index in [1.807, 2.05) is 0 Å². The summed E-state index contributed by atoms with van der Waals surface area (Å²) >= 11 is 0. The first-order chi connectivity index (χ1) is 7.84. The number of fused-ring (bicyclic) bond motifs is 1. The van der Waals surface area contributed by atoms with Gasteiger partial charge >= 0.3 is 0 Å². The Balaban J connectivity index is 1.57. The molecule has 0 aromatic heterocycles. The van der Waals surface area contributed by atoms with Crippen LogP contribution in [0.25, 0.3) is 0 Å². The molecular formula is C11H16O5. The van der Waals surface area contributed by atoms with E-state index in [9.17, 15) is 4.79 Å². The van der Waals surface area contributed by atoms with E-state index in [-0.39, 0.29) is 30.9 Å². The van der Waals surface area contributed by atoms with Crippen LogP contribution in [0.3, 0.4) is 0 Å². The van der Waals surface area contributed by atoms with E-state index in [1.165, 1.54) is 0 Å². The summed E-state index contributed by atoms with van der Waals surface area (Å²) in [5.74, 6) is 0.0284. The van der Waals surface area contributed by atoms with E-state index in [0.717, 1.165) is 25.9 Å². The predicted molar refractivity (Wildman–Crippen MR) is 53.0 cm³/mol. The zero-order valence-corrected chi connectivity index (χ0v) is 9.09. The Morgan fingerprint density at radius 3 is 2.94 bits per heavy atom. The van der Waals surface area contributed by atoms with Crippen molar-refractivity contribution < 1.29 is 23.7 Å². The van der Waals surface area contributed by atoms with Crippen LogP contribution in [0.4, 0.5) is 0 Å². The Hall–Kier alpha value is -0.490. The van der Waals surface area contributed by atoms with Crippen molar-refractivity contribution in [3.63, 3.8) is 0 Å². The number of carbonyl (C=O) groups is 1. The van der Waals surface area contributed by atoms with Gasteiger partial charge in [0.25, 0.3) is 0 Å². The summed E-state index contributed by atoms with van der Waals surface area (Å²) in [5.41, 5.74) is 0. The molecular weight excluding hydrogens is 212 g/mol. The SMILES string of the molecule is O=C1COC2C(OC3CCCCO3)COC12. The van der Waals surface area contributed by atoms with Gasteiger partial charge in [0.1, 0.15) is 24.9 Å². The van der Waals surface area contributed by atoms with E-state index < -0.39 is 6.10 Å². The number of carbonyl (C=O) groups excluding carboxylic acids is 1. The lowest BCUT2D eigenvalue weighted by Gasteiger charge is -2.27. The number of Topliss-reactive ketones (excluding diaryl/α,β-unsaturated/α-hetero) is 1. The smallest absolute Gasteiger partial charge is 0.189 e. The fourth-order valence-corrected chi connectivity index (χ4v) is 2.44. The molecule has 0 aromatic rings. The van der Waals surface area contributed by atoms with Crippen LogP contribution in [0.15, 0.2) is 0 Å². The molecule has 3 saturated heterocycles. The summed E-state index contributed by atoms with van der Waals surface area (Å²) < 4.78 is 22.1. The molecule has 3 fully saturated rings. The van der Waals surface area contributed by atoms with Crippen LogP contribution in [0.2, 0.25) is 0 Å². The summed E-state index contributed by atoms with van der Waals surface area (Å²) in [5, 5.41) is 0. The van der Waals surface area contributed by atoms with Gasteiger partial charge in [-0.3, -0.25) is 4.79 Å². The second-order valence-electron chi connectivity index (χ2n) is 4.47. The standard InChI is InChI=1S/C11H16O5/c12-7-5-14-11-8(6-15-10(7)11)16-9-3-1-2-4-13-9/h8-11H,1-6H2. The fraction of sp³-hybridized carbons (Fsp3) is 0.909. The topological polar surface area (TPSA) is 54.0 Å². The van der Waals surface area contributed by atoms with Crippen LogP contribution in [-0.2, 0) is 23.7 Å². The zero-order valence-electron chi connectivity index (χ0n) is 9.09. The van der Waals surface area contributed by atoms with Crippen LogP contribution in [0.1, 0.15) is 19.3 Å². The van der Waals surface area contributed by atoms with Crippen molar-refractivity contribution in [2.45, 2.75) is 43.9 Å². The monoisotopic (exact) mass is 228 g/mol. The molecule has 3 heterocycles. The highest BCUT2D eigenvalue weighted by Crippen LogP contribution is 2.28. The third kappa shape index (κ3) is 1.88. The number of rotatable bonds is 2. The zero-order chi connectivity index (χ0) is 11.0. The van der Waals surface area contributed by atoms with Crippen molar-refractivity contribution >= 4 is 5.78 Å². The van der Waals surface area contributed by atoms with E-state index in [2.05, 4.69) is 0 Å². The van der Waals surface area contributed by atoms with Crippen LogP contribution in [0, 0.1) is 0 Å². The summed E-state index contributed by atoms with van der Waals surface area (Å²) in [6.45, 7) is 1.34. The first-order valence-corrected chi connectivity index (χ1v) is 5.87. The number of ether oxygens (including phenoxy) is 4. The fourth-order valence-electron chi connectivity index (χ4n) is 2.44. The van der Waals surface area contributed by atoms with Gasteiger partial charge < -0.3 is 18.9 Å². The molecule has 3 aliphatic heterocycles. The maximum Gasteiger partial charge on any atom is 0.189 e. The maximum atomic E-state index is 11.4. The van der Waals surface area contributed by atoms with Gasteiger partial charge in [0.2, 0.25) is 0 Å².